The second kappa shape index (κ2) is 4.78. The molecule has 0 aromatic heterocycles. The summed E-state index contributed by atoms with van der Waals surface area (Å²) in [7, 11) is 3.92. The van der Waals surface area contributed by atoms with Gasteiger partial charge in [0.05, 0.1) is 17.7 Å². The van der Waals surface area contributed by atoms with Gasteiger partial charge in [-0.3, -0.25) is 0 Å². The Morgan fingerprint density at radius 1 is 1.05 bits per heavy atom. The maximum atomic E-state index is 12.8. The fraction of sp³-hybridized carbons (Fsp3) is 0.250. The number of hydrogen-bond donors (Lipinski definition) is 0. The van der Waals surface area contributed by atoms with Gasteiger partial charge in [-0.1, -0.05) is 12.1 Å². The first-order valence-electron chi connectivity index (χ1n) is 6.82. The number of amides is 2. The largest absolute Gasteiger partial charge is 0.377 e. The van der Waals surface area contributed by atoms with E-state index in [9.17, 15) is 9.59 Å². The van der Waals surface area contributed by atoms with Gasteiger partial charge in [-0.2, -0.15) is 0 Å². The average molecular weight is 395 g/mol. The summed E-state index contributed by atoms with van der Waals surface area (Å²) in [5.74, 6) is -0.255. The summed E-state index contributed by atoms with van der Waals surface area (Å²) in [6, 6.07) is 9.47. The van der Waals surface area contributed by atoms with E-state index in [-0.39, 0.29) is 14.5 Å². The molecule has 21 heavy (non-hydrogen) atoms. The van der Waals surface area contributed by atoms with Crippen molar-refractivity contribution in [2.24, 2.45) is 0 Å². The van der Waals surface area contributed by atoms with Gasteiger partial charge in [0.25, 0.3) is 22.9 Å². The highest BCUT2D eigenvalue weighted by Crippen LogP contribution is 2.39. The van der Waals surface area contributed by atoms with Crippen LogP contribution in [-0.2, 0) is 0 Å². The molecule has 2 aromatic rings. The molecule has 2 aromatic carbocycles. The first-order valence-corrected chi connectivity index (χ1v) is 7.79. The van der Waals surface area contributed by atoms with Crippen LogP contribution in [0, 0.1) is 0 Å². The quantitative estimate of drug-likeness (QED) is 0.445. The number of quaternary nitrogens is 1. The lowest BCUT2D eigenvalue weighted by atomic mass is 9.93. The summed E-state index contributed by atoms with van der Waals surface area (Å²) in [6.07, 6.45) is 0. The third-order valence-corrected chi connectivity index (χ3v) is 5.60. The van der Waals surface area contributed by atoms with Gasteiger partial charge < -0.3 is 4.90 Å². The number of carbonyl (C=O) groups is 2. The summed E-state index contributed by atoms with van der Waals surface area (Å²) in [5, 5.41) is 1.74. The standard InChI is InChI=1S/C16H16IN2O2/c1-4-19(17)15(20)11-7-5-6-10-13(18(2)3)9-8-12(14(10)11)16(19)21/h5-9H,4H2,1-3H3/q+1. The van der Waals surface area contributed by atoms with E-state index in [1.165, 1.54) is 0 Å². The third kappa shape index (κ3) is 1.83. The minimum Gasteiger partial charge on any atom is -0.377 e. The Balaban J connectivity index is 2.44. The molecule has 3 rings (SSSR count). The van der Waals surface area contributed by atoms with E-state index in [1.54, 1.807) is 0 Å². The molecule has 0 radical (unpaired) electrons. The van der Waals surface area contributed by atoms with Gasteiger partial charge in [0.2, 0.25) is 0 Å². The van der Waals surface area contributed by atoms with Crippen LogP contribution >= 0.6 is 22.9 Å². The van der Waals surface area contributed by atoms with E-state index in [1.807, 2.05) is 79.1 Å². The molecule has 0 aliphatic carbocycles. The first-order chi connectivity index (χ1) is 9.91. The van der Waals surface area contributed by atoms with Gasteiger partial charge in [-0.15, -0.1) is 2.70 Å². The Hall–Kier alpha value is -1.47. The molecular weight excluding hydrogens is 379 g/mol. The van der Waals surface area contributed by atoms with Gasteiger partial charge >= 0.3 is 11.8 Å². The molecule has 0 spiro atoms. The summed E-state index contributed by atoms with van der Waals surface area (Å²) >= 11 is 1.96. The molecule has 1 aliphatic heterocycles. The number of anilines is 1. The van der Waals surface area contributed by atoms with Crippen LogP contribution in [0.4, 0.5) is 5.69 Å². The van der Waals surface area contributed by atoms with Crippen LogP contribution in [0.3, 0.4) is 0 Å². The SMILES string of the molecule is CC[N+]1(I)C(=O)c2cccc3c(N(C)C)ccc(c23)C1=O. The first kappa shape index (κ1) is 14.5. The van der Waals surface area contributed by atoms with E-state index >= 15 is 0 Å². The second-order valence-electron chi connectivity index (χ2n) is 5.40. The van der Waals surface area contributed by atoms with Crippen molar-refractivity contribution in [1.82, 2.24) is 0 Å². The molecular formula is C16H16IN2O2+. The lowest BCUT2D eigenvalue weighted by Crippen LogP contribution is -2.50. The van der Waals surface area contributed by atoms with Crippen LogP contribution in [0.15, 0.2) is 30.3 Å². The van der Waals surface area contributed by atoms with Crippen LogP contribution in [0.2, 0.25) is 0 Å². The van der Waals surface area contributed by atoms with E-state index in [2.05, 4.69) is 0 Å². The summed E-state index contributed by atoms with van der Waals surface area (Å²) in [4.78, 5) is 27.6. The predicted molar refractivity (Wildman–Crippen MR) is 91.8 cm³/mol. The molecule has 0 saturated heterocycles. The van der Waals surface area contributed by atoms with Crippen LogP contribution in [-0.4, -0.2) is 35.2 Å². The van der Waals surface area contributed by atoms with E-state index in [0.717, 1.165) is 16.5 Å². The fourth-order valence-electron chi connectivity index (χ4n) is 2.90. The van der Waals surface area contributed by atoms with Gasteiger partial charge in [-0.05, 0) is 25.1 Å². The molecule has 0 N–H and O–H groups in total. The highest BCUT2D eigenvalue weighted by molar-refractivity contribution is 14.1. The number of rotatable bonds is 2. The lowest BCUT2D eigenvalue weighted by molar-refractivity contribution is -0.569. The minimum atomic E-state index is -0.217. The monoisotopic (exact) mass is 395 g/mol. The van der Waals surface area contributed by atoms with Crippen molar-refractivity contribution < 1.29 is 12.3 Å². The zero-order chi connectivity index (χ0) is 15.4. The number of benzene rings is 2. The molecule has 0 bridgehead atoms. The topological polar surface area (TPSA) is 37.4 Å². The molecule has 0 fully saturated rings. The Morgan fingerprint density at radius 3 is 2.24 bits per heavy atom. The summed E-state index contributed by atoms with van der Waals surface area (Å²) in [5.41, 5.74) is 2.30. The number of imide groups is 1. The van der Waals surface area contributed by atoms with E-state index in [0.29, 0.717) is 17.7 Å². The van der Waals surface area contributed by atoms with Crippen molar-refractivity contribution in [3.63, 3.8) is 0 Å². The highest BCUT2D eigenvalue weighted by Gasteiger charge is 2.48. The second-order valence-corrected chi connectivity index (χ2v) is 7.05. The van der Waals surface area contributed by atoms with Crippen molar-refractivity contribution in [2.45, 2.75) is 6.92 Å². The molecule has 1 aliphatic rings. The third-order valence-electron chi connectivity index (χ3n) is 4.04. The maximum absolute atomic E-state index is 12.8. The molecule has 4 nitrogen and oxygen atoms in total. The van der Waals surface area contributed by atoms with Gasteiger partial charge in [0, 0.05) is 30.6 Å². The maximum Gasteiger partial charge on any atom is 0.361 e. The van der Waals surface area contributed by atoms with Crippen molar-refractivity contribution >= 4 is 51.1 Å². The molecule has 108 valence electrons. The molecule has 2 amide bonds. The predicted octanol–water partition coefficient (Wildman–Crippen LogP) is 3.39. The zero-order valence-corrected chi connectivity index (χ0v) is 14.3. The number of halogens is 1. The normalized spacial score (nSPS) is 21.0. The van der Waals surface area contributed by atoms with Crippen LogP contribution in [0.25, 0.3) is 10.8 Å². The Bertz CT molecular complexity index is 761. The van der Waals surface area contributed by atoms with E-state index < -0.39 is 0 Å². The molecule has 1 unspecified atom stereocenters. The molecule has 5 heteroatoms. The number of hydrogen-bond acceptors (Lipinski definition) is 3. The van der Waals surface area contributed by atoms with Crippen LogP contribution < -0.4 is 4.90 Å². The Kier molecular flexibility index (Phi) is 3.29. The van der Waals surface area contributed by atoms with Crippen molar-refractivity contribution in [1.29, 1.82) is 0 Å². The Labute approximate surface area is 137 Å². The minimum absolute atomic E-state index is 0.128. The number of carbonyl (C=O) groups excluding carboxylic acids is 2. The molecule has 0 saturated carbocycles. The average Bonchev–Trinajstić information content (AvgIpc) is 2.49. The van der Waals surface area contributed by atoms with Crippen LogP contribution in [0.1, 0.15) is 27.6 Å². The van der Waals surface area contributed by atoms with Gasteiger partial charge in [0.15, 0.2) is 0 Å². The van der Waals surface area contributed by atoms with Gasteiger partial charge in [0.1, 0.15) is 0 Å². The summed E-state index contributed by atoms with van der Waals surface area (Å²) < 4.78 is -0.217. The zero-order valence-electron chi connectivity index (χ0n) is 12.2. The Morgan fingerprint density at radius 2 is 1.67 bits per heavy atom. The fourth-order valence-corrected chi connectivity index (χ4v) is 3.42. The van der Waals surface area contributed by atoms with Gasteiger partial charge in [-0.25, -0.2) is 9.59 Å². The highest BCUT2D eigenvalue weighted by atomic mass is 127. The number of nitrogens with zero attached hydrogens (tertiary/aromatic N) is 2. The van der Waals surface area contributed by atoms with Crippen molar-refractivity contribution in [3.8, 4) is 0 Å². The van der Waals surface area contributed by atoms with Crippen molar-refractivity contribution in [2.75, 3.05) is 25.5 Å². The smallest absolute Gasteiger partial charge is 0.361 e. The van der Waals surface area contributed by atoms with E-state index in [4.69, 9.17) is 0 Å². The molecule has 1 atom stereocenters. The lowest BCUT2D eigenvalue weighted by Gasteiger charge is -2.30. The van der Waals surface area contributed by atoms with Crippen LogP contribution in [0.5, 0.6) is 0 Å². The van der Waals surface area contributed by atoms with Crippen molar-refractivity contribution in [3.05, 3.63) is 41.5 Å². The molecule has 1 heterocycles. The summed E-state index contributed by atoms with van der Waals surface area (Å²) in [6.45, 7) is 2.31.